The Hall–Kier alpha value is -1.92. The highest BCUT2D eigenvalue weighted by Gasteiger charge is 2.32. The number of aromatic nitrogens is 1. The molecule has 0 bridgehead atoms. The van der Waals surface area contributed by atoms with E-state index in [-0.39, 0.29) is 12.0 Å². The Morgan fingerprint density at radius 3 is 3.00 bits per heavy atom. The summed E-state index contributed by atoms with van der Waals surface area (Å²) in [7, 11) is 0. The smallest absolute Gasteiger partial charge is 0.264 e. The van der Waals surface area contributed by atoms with Gasteiger partial charge in [0.15, 0.2) is 6.10 Å². The molecule has 0 radical (unpaired) electrons. The summed E-state index contributed by atoms with van der Waals surface area (Å²) in [5.41, 5.74) is 4.13. The molecule has 1 unspecified atom stereocenters. The zero-order valence-electron chi connectivity index (χ0n) is 13.6. The predicted molar refractivity (Wildman–Crippen MR) is 93.2 cm³/mol. The van der Waals surface area contributed by atoms with Crippen LogP contribution in [0.5, 0.6) is 5.75 Å². The molecular formula is C18H21N3O2S. The van der Waals surface area contributed by atoms with E-state index in [0.717, 1.165) is 56.2 Å². The van der Waals surface area contributed by atoms with Gasteiger partial charge in [0.25, 0.3) is 5.91 Å². The summed E-state index contributed by atoms with van der Waals surface area (Å²) in [5.74, 6) is 0.984. The van der Waals surface area contributed by atoms with Crippen molar-refractivity contribution >= 4 is 17.2 Å². The predicted octanol–water partition coefficient (Wildman–Crippen LogP) is 2.18. The molecule has 1 aromatic heterocycles. The highest BCUT2D eigenvalue weighted by Crippen LogP contribution is 2.29. The number of carbonyl (C=O) groups excluding carboxylic acids is 1. The number of rotatable bonds is 3. The molecule has 2 aromatic rings. The lowest BCUT2D eigenvalue weighted by molar-refractivity contribution is -0.137. The van der Waals surface area contributed by atoms with Crippen molar-refractivity contribution in [2.75, 3.05) is 26.2 Å². The first-order chi connectivity index (χ1) is 11.8. The number of hydrogen-bond donors (Lipinski definition) is 0. The average molecular weight is 343 g/mol. The molecule has 0 N–H and O–H groups in total. The van der Waals surface area contributed by atoms with Crippen molar-refractivity contribution in [2.24, 2.45) is 0 Å². The number of carbonyl (C=O) groups is 1. The number of ether oxygens (including phenoxy) is 1. The molecule has 0 spiro atoms. The molecule has 1 fully saturated rings. The van der Waals surface area contributed by atoms with Gasteiger partial charge < -0.3 is 9.64 Å². The average Bonchev–Trinajstić information content (AvgIpc) is 3.20. The third kappa shape index (κ3) is 3.30. The lowest BCUT2D eigenvalue weighted by atomic mass is 10.1. The van der Waals surface area contributed by atoms with Gasteiger partial charge in [-0.05, 0) is 18.1 Å². The highest BCUT2D eigenvalue weighted by molar-refractivity contribution is 7.07. The lowest BCUT2D eigenvalue weighted by Gasteiger charge is -2.24. The second-order valence-corrected chi connectivity index (χ2v) is 7.07. The van der Waals surface area contributed by atoms with Crippen LogP contribution in [0.1, 0.15) is 17.7 Å². The highest BCUT2D eigenvalue weighted by atomic mass is 32.1. The van der Waals surface area contributed by atoms with Crippen LogP contribution in [0.15, 0.2) is 35.2 Å². The van der Waals surface area contributed by atoms with Crippen molar-refractivity contribution in [3.8, 4) is 5.75 Å². The molecular weight excluding hydrogens is 322 g/mol. The summed E-state index contributed by atoms with van der Waals surface area (Å²) in [6, 6.07) is 7.94. The number of amides is 1. The van der Waals surface area contributed by atoms with Gasteiger partial charge in [0.1, 0.15) is 5.75 Å². The minimum Gasteiger partial charge on any atom is -0.480 e. The number of thiazole rings is 1. The van der Waals surface area contributed by atoms with E-state index < -0.39 is 0 Å². The molecule has 3 heterocycles. The van der Waals surface area contributed by atoms with Crippen molar-refractivity contribution in [3.63, 3.8) is 0 Å². The van der Waals surface area contributed by atoms with Crippen LogP contribution in [0, 0.1) is 0 Å². The van der Waals surface area contributed by atoms with Gasteiger partial charge in [0, 0.05) is 44.5 Å². The van der Waals surface area contributed by atoms with E-state index in [1.54, 1.807) is 11.3 Å². The number of hydrogen-bond acceptors (Lipinski definition) is 5. The van der Waals surface area contributed by atoms with E-state index in [1.807, 2.05) is 34.7 Å². The second-order valence-electron chi connectivity index (χ2n) is 6.35. The quantitative estimate of drug-likeness (QED) is 0.857. The van der Waals surface area contributed by atoms with Crippen molar-refractivity contribution in [3.05, 3.63) is 46.4 Å². The summed E-state index contributed by atoms with van der Waals surface area (Å²) >= 11 is 1.63. The van der Waals surface area contributed by atoms with E-state index in [4.69, 9.17) is 4.74 Å². The van der Waals surface area contributed by atoms with E-state index in [1.165, 1.54) is 0 Å². The molecule has 4 rings (SSSR count). The van der Waals surface area contributed by atoms with Crippen molar-refractivity contribution in [1.82, 2.24) is 14.8 Å². The Balaban J connectivity index is 1.35. The maximum Gasteiger partial charge on any atom is 0.264 e. The lowest BCUT2D eigenvalue weighted by Crippen LogP contribution is -2.43. The van der Waals surface area contributed by atoms with Gasteiger partial charge >= 0.3 is 0 Å². The molecule has 1 saturated heterocycles. The van der Waals surface area contributed by atoms with Crippen LogP contribution in [-0.2, 0) is 17.8 Å². The molecule has 126 valence electrons. The van der Waals surface area contributed by atoms with Gasteiger partial charge in [-0.2, -0.15) is 0 Å². The van der Waals surface area contributed by atoms with Crippen LogP contribution in [0.3, 0.4) is 0 Å². The molecule has 0 aliphatic carbocycles. The van der Waals surface area contributed by atoms with Crippen molar-refractivity contribution in [1.29, 1.82) is 0 Å². The first kappa shape index (κ1) is 15.6. The fraction of sp³-hybridized carbons (Fsp3) is 0.444. The molecule has 2 aliphatic rings. The van der Waals surface area contributed by atoms with Gasteiger partial charge in [-0.15, -0.1) is 11.3 Å². The molecule has 2 aliphatic heterocycles. The van der Waals surface area contributed by atoms with Crippen molar-refractivity contribution < 1.29 is 9.53 Å². The number of para-hydroxylation sites is 1. The Labute approximate surface area is 145 Å². The normalized spacial score (nSPS) is 21.2. The minimum atomic E-state index is -0.354. The second kappa shape index (κ2) is 6.91. The van der Waals surface area contributed by atoms with E-state index in [9.17, 15) is 4.79 Å². The molecule has 0 saturated carbocycles. The summed E-state index contributed by atoms with van der Waals surface area (Å²) in [4.78, 5) is 21.5. The summed E-state index contributed by atoms with van der Waals surface area (Å²) < 4.78 is 5.86. The Bertz CT molecular complexity index is 679. The summed E-state index contributed by atoms with van der Waals surface area (Å²) in [6.07, 6.45) is 1.33. The fourth-order valence-corrected chi connectivity index (χ4v) is 3.97. The zero-order valence-corrected chi connectivity index (χ0v) is 14.4. The first-order valence-corrected chi connectivity index (χ1v) is 9.36. The Morgan fingerprint density at radius 2 is 2.17 bits per heavy atom. The van der Waals surface area contributed by atoms with Crippen LogP contribution in [0.4, 0.5) is 0 Å². The molecule has 6 heteroatoms. The van der Waals surface area contributed by atoms with Gasteiger partial charge in [-0.1, -0.05) is 18.2 Å². The van der Waals surface area contributed by atoms with Crippen LogP contribution in [-0.4, -0.2) is 53.0 Å². The molecule has 5 nitrogen and oxygen atoms in total. The van der Waals surface area contributed by atoms with Gasteiger partial charge in [0.05, 0.1) is 11.2 Å². The Morgan fingerprint density at radius 1 is 1.25 bits per heavy atom. The Kier molecular flexibility index (Phi) is 4.49. The largest absolute Gasteiger partial charge is 0.480 e. The summed E-state index contributed by atoms with van der Waals surface area (Å²) in [6.45, 7) is 4.34. The number of fused-ring (bicyclic) bond motifs is 1. The molecule has 1 aromatic carbocycles. The van der Waals surface area contributed by atoms with Crippen LogP contribution < -0.4 is 4.74 Å². The maximum atomic E-state index is 12.8. The van der Waals surface area contributed by atoms with Crippen LogP contribution in [0.25, 0.3) is 0 Å². The van der Waals surface area contributed by atoms with Crippen LogP contribution >= 0.6 is 11.3 Å². The van der Waals surface area contributed by atoms with E-state index in [2.05, 4.69) is 15.3 Å². The first-order valence-electron chi connectivity index (χ1n) is 8.42. The minimum absolute atomic E-state index is 0.127. The van der Waals surface area contributed by atoms with E-state index in [0.29, 0.717) is 6.42 Å². The van der Waals surface area contributed by atoms with Gasteiger partial charge in [-0.25, -0.2) is 4.98 Å². The third-order valence-electron chi connectivity index (χ3n) is 4.69. The number of benzene rings is 1. The zero-order chi connectivity index (χ0) is 16.4. The SMILES string of the molecule is O=C(C1Cc2ccccc2O1)N1CCCN(Cc2cscn2)CC1. The van der Waals surface area contributed by atoms with E-state index >= 15 is 0 Å². The van der Waals surface area contributed by atoms with Crippen molar-refractivity contribution in [2.45, 2.75) is 25.5 Å². The topological polar surface area (TPSA) is 45.7 Å². The van der Waals surface area contributed by atoms with Crippen LogP contribution in [0.2, 0.25) is 0 Å². The van der Waals surface area contributed by atoms with Gasteiger partial charge in [-0.3, -0.25) is 9.69 Å². The monoisotopic (exact) mass is 343 g/mol. The molecule has 24 heavy (non-hydrogen) atoms. The molecule has 1 amide bonds. The van der Waals surface area contributed by atoms with Gasteiger partial charge in [0.2, 0.25) is 0 Å². The standard InChI is InChI=1S/C18H21N3O2S/c22-18(17-10-14-4-1-2-5-16(14)23-17)21-7-3-6-20(8-9-21)11-15-12-24-13-19-15/h1-2,4-5,12-13,17H,3,6-11H2. The fourth-order valence-electron chi connectivity index (χ4n) is 3.42. The molecule has 1 atom stereocenters. The maximum absolute atomic E-state index is 12.8. The third-order valence-corrected chi connectivity index (χ3v) is 5.33. The number of nitrogens with zero attached hydrogens (tertiary/aromatic N) is 3. The summed E-state index contributed by atoms with van der Waals surface area (Å²) in [5, 5.41) is 2.09.